The molecule has 0 fully saturated rings. The molecule has 0 atom stereocenters. The first kappa shape index (κ1) is 15.4. The lowest BCUT2D eigenvalue weighted by atomic mass is 10.2. The van der Waals surface area contributed by atoms with E-state index in [2.05, 4.69) is 10.1 Å². The largest absolute Gasteiger partial charge is 0.496 e. The number of nitrogens with one attached hydrogen (secondary N) is 1. The Balaban J connectivity index is 1.96. The maximum atomic E-state index is 11.3. The number of methoxy groups -OCH3 is 2. The van der Waals surface area contributed by atoms with Crippen LogP contribution in [0.25, 0.3) is 0 Å². The van der Waals surface area contributed by atoms with E-state index < -0.39 is 5.97 Å². The predicted molar refractivity (Wildman–Crippen MR) is 78.6 cm³/mol. The van der Waals surface area contributed by atoms with E-state index in [0.717, 1.165) is 11.3 Å². The van der Waals surface area contributed by atoms with E-state index in [4.69, 9.17) is 20.8 Å². The van der Waals surface area contributed by atoms with Crippen molar-refractivity contribution in [3.05, 3.63) is 52.4 Å². The molecule has 0 saturated carbocycles. The van der Waals surface area contributed by atoms with Gasteiger partial charge < -0.3 is 19.2 Å². The normalized spacial score (nSPS) is 10.4. The van der Waals surface area contributed by atoms with Gasteiger partial charge in [-0.15, -0.1) is 0 Å². The summed E-state index contributed by atoms with van der Waals surface area (Å²) in [7, 11) is 2.93. The minimum atomic E-state index is -0.419. The SMILES string of the molecule is COC(=O)c1coc(CNCc2c(Cl)cccc2OC)c1. The van der Waals surface area contributed by atoms with Crippen molar-refractivity contribution in [3.63, 3.8) is 0 Å². The number of carbonyl (C=O) groups excluding carboxylic acids is 1. The lowest BCUT2D eigenvalue weighted by Gasteiger charge is -2.10. The van der Waals surface area contributed by atoms with Crippen LogP contribution in [0.15, 0.2) is 34.9 Å². The van der Waals surface area contributed by atoms with Crippen LogP contribution in [0.4, 0.5) is 0 Å². The van der Waals surface area contributed by atoms with Crippen LogP contribution in [-0.4, -0.2) is 20.2 Å². The van der Waals surface area contributed by atoms with Gasteiger partial charge in [-0.25, -0.2) is 4.79 Å². The first-order valence-corrected chi connectivity index (χ1v) is 6.71. The molecule has 5 nitrogen and oxygen atoms in total. The van der Waals surface area contributed by atoms with Gasteiger partial charge in [0.25, 0.3) is 0 Å². The van der Waals surface area contributed by atoms with Crippen LogP contribution < -0.4 is 10.1 Å². The molecule has 0 unspecified atom stereocenters. The quantitative estimate of drug-likeness (QED) is 0.831. The molecule has 0 spiro atoms. The number of carbonyl (C=O) groups is 1. The fourth-order valence-corrected chi connectivity index (χ4v) is 2.14. The van der Waals surface area contributed by atoms with E-state index in [9.17, 15) is 4.79 Å². The maximum Gasteiger partial charge on any atom is 0.341 e. The summed E-state index contributed by atoms with van der Waals surface area (Å²) in [6, 6.07) is 7.14. The van der Waals surface area contributed by atoms with Gasteiger partial charge in [0.05, 0.1) is 26.3 Å². The third kappa shape index (κ3) is 3.77. The molecule has 2 rings (SSSR count). The Labute approximate surface area is 127 Å². The molecule has 0 aliphatic heterocycles. The highest BCUT2D eigenvalue weighted by Crippen LogP contribution is 2.26. The van der Waals surface area contributed by atoms with Crippen LogP contribution >= 0.6 is 11.6 Å². The molecule has 2 aromatic rings. The second kappa shape index (κ2) is 7.15. The zero-order valence-corrected chi connectivity index (χ0v) is 12.6. The second-order valence-corrected chi connectivity index (χ2v) is 4.72. The molecule has 1 aromatic heterocycles. The Morgan fingerprint density at radius 1 is 1.33 bits per heavy atom. The molecule has 0 bridgehead atoms. The van der Waals surface area contributed by atoms with Crippen LogP contribution in [0, 0.1) is 0 Å². The first-order chi connectivity index (χ1) is 10.2. The molecule has 21 heavy (non-hydrogen) atoms. The van der Waals surface area contributed by atoms with Gasteiger partial charge >= 0.3 is 5.97 Å². The van der Waals surface area contributed by atoms with Crippen molar-refractivity contribution in [3.8, 4) is 5.75 Å². The average Bonchev–Trinajstić information content (AvgIpc) is 2.96. The van der Waals surface area contributed by atoms with Crippen LogP contribution in [0.3, 0.4) is 0 Å². The van der Waals surface area contributed by atoms with Crippen LogP contribution in [0.5, 0.6) is 5.75 Å². The summed E-state index contributed by atoms with van der Waals surface area (Å²) in [5, 5.41) is 3.83. The summed E-state index contributed by atoms with van der Waals surface area (Å²) >= 11 is 6.15. The Morgan fingerprint density at radius 2 is 2.14 bits per heavy atom. The van der Waals surface area contributed by atoms with E-state index in [-0.39, 0.29) is 0 Å². The fourth-order valence-electron chi connectivity index (χ4n) is 1.91. The zero-order valence-electron chi connectivity index (χ0n) is 11.8. The Morgan fingerprint density at radius 3 is 2.86 bits per heavy atom. The van der Waals surface area contributed by atoms with Gasteiger partial charge in [0.2, 0.25) is 0 Å². The highest BCUT2D eigenvalue weighted by Gasteiger charge is 2.11. The number of furan rings is 1. The van der Waals surface area contributed by atoms with Crippen molar-refractivity contribution >= 4 is 17.6 Å². The Bertz CT molecular complexity index is 624. The summed E-state index contributed by atoms with van der Waals surface area (Å²) in [4.78, 5) is 11.3. The molecule has 6 heteroatoms. The minimum absolute atomic E-state index is 0.393. The third-order valence-electron chi connectivity index (χ3n) is 2.97. The summed E-state index contributed by atoms with van der Waals surface area (Å²) in [6.45, 7) is 0.989. The van der Waals surface area contributed by atoms with Crippen LogP contribution in [0.1, 0.15) is 21.7 Å². The van der Waals surface area contributed by atoms with Gasteiger partial charge in [-0.3, -0.25) is 0 Å². The molecular weight excluding hydrogens is 294 g/mol. The molecule has 1 heterocycles. The second-order valence-electron chi connectivity index (χ2n) is 4.32. The lowest BCUT2D eigenvalue weighted by molar-refractivity contribution is 0.0600. The van der Waals surface area contributed by atoms with Crippen LogP contribution in [-0.2, 0) is 17.8 Å². The summed E-state index contributed by atoms with van der Waals surface area (Å²) in [5.74, 6) is 0.948. The first-order valence-electron chi connectivity index (χ1n) is 6.33. The summed E-state index contributed by atoms with van der Waals surface area (Å²) < 4.78 is 15.2. The summed E-state index contributed by atoms with van der Waals surface area (Å²) in [5.41, 5.74) is 1.27. The molecule has 0 aliphatic carbocycles. The lowest BCUT2D eigenvalue weighted by Crippen LogP contribution is -2.13. The number of ether oxygens (including phenoxy) is 2. The van der Waals surface area contributed by atoms with E-state index >= 15 is 0 Å². The third-order valence-corrected chi connectivity index (χ3v) is 3.33. The number of esters is 1. The standard InChI is InChI=1S/C15H16ClNO4/c1-19-14-5-3-4-13(16)12(14)8-17-7-11-6-10(9-21-11)15(18)20-2/h3-6,9,17H,7-8H2,1-2H3. The van der Waals surface area contributed by atoms with Crippen molar-refractivity contribution in [2.45, 2.75) is 13.1 Å². The predicted octanol–water partition coefficient (Wildman–Crippen LogP) is 3.02. The molecule has 0 radical (unpaired) electrons. The molecular formula is C15H16ClNO4. The van der Waals surface area contributed by atoms with Crippen LogP contribution in [0.2, 0.25) is 5.02 Å². The van der Waals surface area contributed by atoms with Crippen molar-refractivity contribution in [1.82, 2.24) is 5.32 Å². The van der Waals surface area contributed by atoms with Crippen molar-refractivity contribution < 1.29 is 18.7 Å². The highest BCUT2D eigenvalue weighted by molar-refractivity contribution is 6.31. The van der Waals surface area contributed by atoms with Crippen molar-refractivity contribution in [1.29, 1.82) is 0 Å². The fraction of sp³-hybridized carbons (Fsp3) is 0.267. The monoisotopic (exact) mass is 309 g/mol. The number of hydrogen-bond acceptors (Lipinski definition) is 5. The molecule has 0 saturated heterocycles. The van der Waals surface area contributed by atoms with E-state index in [1.807, 2.05) is 18.2 Å². The van der Waals surface area contributed by atoms with E-state index in [0.29, 0.717) is 29.4 Å². The minimum Gasteiger partial charge on any atom is -0.496 e. The molecule has 0 amide bonds. The Kier molecular flexibility index (Phi) is 5.25. The molecule has 1 N–H and O–H groups in total. The number of benzene rings is 1. The maximum absolute atomic E-state index is 11.3. The molecule has 0 aliphatic rings. The smallest absolute Gasteiger partial charge is 0.341 e. The number of rotatable bonds is 6. The van der Waals surface area contributed by atoms with Gasteiger partial charge in [0, 0.05) is 17.1 Å². The van der Waals surface area contributed by atoms with Crippen molar-refractivity contribution in [2.24, 2.45) is 0 Å². The zero-order chi connectivity index (χ0) is 15.2. The van der Waals surface area contributed by atoms with Crippen molar-refractivity contribution in [2.75, 3.05) is 14.2 Å². The molecule has 112 valence electrons. The number of hydrogen-bond donors (Lipinski definition) is 1. The van der Waals surface area contributed by atoms with E-state index in [1.54, 1.807) is 13.2 Å². The topological polar surface area (TPSA) is 60.7 Å². The van der Waals surface area contributed by atoms with Gasteiger partial charge in [-0.2, -0.15) is 0 Å². The van der Waals surface area contributed by atoms with E-state index in [1.165, 1.54) is 13.4 Å². The van der Waals surface area contributed by atoms with Gasteiger partial charge in [-0.05, 0) is 18.2 Å². The Hall–Kier alpha value is -1.98. The highest BCUT2D eigenvalue weighted by atomic mass is 35.5. The number of halogens is 1. The molecule has 1 aromatic carbocycles. The summed E-state index contributed by atoms with van der Waals surface area (Å²) in [6.07, 6.45) is 1.37. The van der Waals surface area contributed by atoms with Gasteiger partial charge in [0.1, 0.15) is 17.8 Å². The average molecular weight is 310 g/mol. The van der Waals surface area contributed by atoms with Gasteiger partial charge in [-0.1, -0.05) is 17.7 Å². The van der Waals surface area contributed by atoms with Gasteiger partial charge in [0.15, 0.2) is 0 Å².